The maximum Gasteiger partial charge on any atom is 0.248 e. The third-order valence-electron chi connectivity index (χ3n) is 3.20. The van der Waals surface area contributed by atoms with Crippen LogP contribution < -0.4 is 5.32 Å². The number of amides is 1. The number of nitrogens with zero attached hydrogens (tertiary/aromatic N) is 1. The van der Waals surface area contributed by atoms with Gasteiger partial charge < -0.3 is 19.7 Å². The molecule has 1 fully saturated rings. The molecule has 1 saturated heterocycles. The molecule has 0 aromatic rings. The molecule has 0 aromatic heterocycles. The topological polar surface area (TPSA) is 50.8 Å². The minimum Gasteiger partial charge on any atom is -0.382 e. The molecule has 1 heterocycles. The van der Waals surface area contributed by atoms with Gasteiger partial charge in [-0.15, -0.1) is 0 Å². The zero-order chi connectivity index (χ0) is 14.1. The molecule has 5 heteroatoms. The van der Waals surface area contributed by atoms with E-state index in [-0.39, 0.29) is 12.5 Å². The van der Waals surface area contributed by atoms with E-state index in [2.05, 4.69) is 19.2 Å². The molecule has 1 aliphatic heterocycles. The minimum absolute atomic E-state index is 0.0819. The van der Waals surface area contributed by atoms with Crippen molar-refractivity contribution in [1.82, 2.24) is 10.2 Å². The van der Waals surface area contributed by atoms with Crippen molar-refractivity contribution >= 4 is 5.91 Å². The van der Waals surface area contributed by atoms with Gasteiger partial charge in [-0.25, -0.2) is 0 Å². The quantitative estimate of drug-likeness (QED) is 0.633. The third-order valence-corrected chi connectivity index (χ3v) is 3.20. The summed E-state index contributed by atoms with van der Waals surface area (Å²) in [6, 6.07) is 0.446. The van der Waals surface area contributed by atoms with Crippen LogP contribution in [0.5, 0.6) is 0 Å². The third kappa shape index (κ3) is 6.89. The number of nitrogens with one attached hydrogen (secondary N) is 1. The maximum absolute atomic E-state index is 12.2. The van der Waals surface area contributed by atoms with E-state index < -0.39 is 0 Å². The predicted octanol–water partition coefficient (Wildman–Crippen LogP) is 0.886. The zero-order valence-electron chi connectivity index (χ0n) is 12.5. The van der Waals surface area contributed by atoms with Crippen molar-refractivity contribution in [2.24, 2.45) is 5.92 Å². The molecule has 19 heavy (non-hydrogen) atoms. The lowest BCUT2D eigenvalue weighted by molar-refractivity contribution is -0.137. The highest BCUT2D eigenvalue weighted by Crippen LogP contribution is 2.09. The van der Waals surface area contributed by atoms with Crippen molar-refractivity contribution in [3.8, 4) is 0 Å². The molecule has 1 amide bonds. The normalized spacial score (nSPS) is 19.1. The van der Waals surface area contributed by atoms with Crippen molar-refractivity contribution in [1.29, 1.82) is 0 Å². The fourth-order valence-electron chi connectivity index (χ4n) is 2.29. The Bertz CT molecular complexity index is 253. The van der Waals surface area contributed by atoms with Crippen LogP contribution in [-0.2, 0) is 14.3 Å². The molecule has 0 saturated carbocycles. The Labute approximate surface area is 116 Å². The van der Waals surface area contributed by atoms with Gasteiger partial charge in [0.25, 0.3) is 0 Å². The van der Waals surface area contributed by atoms with Gasteiger partial charge in [-0.2, -0.15) is 0 Å². The second-order valence-electron chi connectivity index (χ2n) is 5.53. The fraction of sp³-hybridized carbons (Fsp3) is 0.929. The molecule has 0 aliphatic carbocycles. The number of carbonyl (C=O) groups is 1. The van der Waals surface area contributed by atoms with Crippen molar-refractivity contribution in [3.05, 3.63) is 0 Å². The van der Waals surface area contributed by atoms with Crippen molar-refractivity contribution < 1.29 is 14.3 Å². The largest absolute Gasteiger partial charge is 0.382 e. The van der Waals surface area contributed by atoms with Crippen LogP contribution in [0.1, 0.15) is 26.7 Å². The fourth-order valence-corrected chi connectivity index (χ4v) is 2.29. The van der Waals surface area contributed by atoms with Gasteiger partial charge in [-0.05, 0) is 25.3 Å². The Hall–Kier alpha value is -0.650. The molecule has 112 valence electrons. The van der Waals surface area contributed by atoms with E-state index in [0.29, 0.717) is 25.2 Å². The lowest BCUT2D eigenvalue weighted by Gasteiger charge is -2.27. The second kappa shape index (κ2) is 9.28. The lowest BCUT2D eigenvalue weighted by atomic mass is 10.1. The molecule has 1 atom stereocenters. The van der Waals surface area contributed by atoms with Gasteiger partial charge >= 0.3 is 0 Å². The number of rotatable bonds is 9. The van der Waals surface area contributed by atoms with Crippen LogP contribution in [0.3, 0.4) is 0 Å². The van der Waals surface area contributed by atoms with E-state index >= 15 is 0 Å². The molecule has 1 aliphatic rings. The summed E-state index contributed by atoms with van der Waals surface area (Å²) >= 11 is 0. The number of ether oxygens (including phenoxy) is 2. The van der Waals surface area contributed by atoms with E-state index in [1.807, 2.05) is 4.90 Å². The first kappa shape index (κ1) is 16.4. The molecule has 0 spiro atoms. The highest BCUT2D eigenvalue weighted by molar-refractivity contribution is 5.77. The van der Waals surface area contributed by atoms with E-state index in [0.717, 1.165) is 26.1 Å². The van der Waals surface area contributed by atoms with Gasteiger partial charge in [0.2, 0.25) is 5.91 Å². The number of carbonyl (C=O) groups excluding carboxylic acids is 1. The molecule has 0 radical (unpaired) electrons. The average Bonchev–Trinajstić information content (AvgIpc) is 2.86. The first-order valence-electron chi connectivity index (χ1n) is 7.21. The molecule has 1 rings (SSSR count). The van der Waals surface area contributed by atoms with Crippen molar-refractivity contribution in [2.45, 2.75) is 32.7 Å². The summed E-state index contributed by atoms with van der Waals surface area (Å²) in [5.41, 5.74) is 0. The molecule has 1 N–H and O–H groups in total. The van der Waals surface area contributed by atoms with E-state index in [1.54, 1.807) is 7.11 Å². The van der Waals surface area contributed by atoms with Gasteiger partial charge in [0, 0.05) is 26.2 Å². The monoisotopic (exact) mass is 272 g/mol. The van der Waals surface area contributed by atoms with Crippen LogP contribution in [0.25, 0.3) is 0 Å². The summed E-state index contributed by atoms with van der Waals surface area (Å²) in [6.07, 6.45) is 2.37. The van der Waals surface area contributed by atoms with Crippen molar-refractivity contribution in [3.63, 3.8) is 0 Å². The standard InChI is InChI=1S/C14H28N2O3/c1-12(2)9-16(10-13-5-4-6-15-13)14(17)11-19-8-7-18-3/h12-13,15H,4-11H2,1-3H3. The SMILES string of the molecule is COCCOCC(=O)N(CC(C)C)CC1CCCN1. The summed E-state index contributed by atoms with van der Waals surface area (Å²) < 4.78 is 10.2. The highest BCUT2D eigenvalue weighted by Gasteiger charge is 2.22. The van der Waals surface area contributed by atoms with Gasteiger partial charge in [0.1, 0.15) is 6.61 Å². The van der Waals surface area contributed by atoms with Gasteiger partial charge in [0.15, 0.2) is 0 Å². The first-order valence-corrected chi connectivity index (χ1v) is 7.21. The Morgan fingerprint density at radius 1 is 1.42 bits per heavy atom. The van der Waals surface area contributed by atoms with Crippen LogP contribution in [0, 0.1) is 5.92 Å². The van der Waals surface area contributed by atoms with Gasteiger partial charge in [0.05, 0.1) is 13.2 Å². The van der Waals surface area contributed by atoms with Crippen LogP contribution in [0.4, 0.5) is 0 Å². The molecular weight excluding hydrogens is 244 g/mol. The van der Waals surface area contributed by atoms with E-state index in [1.165, 1.54) is 6.42 Å². The summed E-state index contributed by atoms with van der Waals surface area (Å²) in [4.78, 5) is 14.1. The summed E-state index contributed by atoms with van der Waals surface area (Å²) in [5, 5.41) is 3.44. The van der Waals surface area contributed by atoms with Crippen LogP contribution in [-0.4, -0.2) is 63.4 Å². The van der Waals surface area contributed by atoms with E-state index in [9.17, 15) is 4.79 Å². The van der Waals surface area contributed by atoms with Gasteiger partial charge in [-0.1, -0.05) is 13.8 Å². The minimum atomic E-state index is 0.0819. The van der Waals surface area contributed by atoms with E-state index in [4.69, 9.17) is 9.47 Å². The summed E-state index contributed by atoms with van der Waals surface area (Å²) in [6.45, 7) is 8.08. The Morgan fingerprint density at radius 3 is 2.79 bits per heavy atom. The molecule has 1 unspecified atom stereocenters. The van der Waals surface area contributed by atoms with Crippen LogP contribution in [0.2, 0.25) is 0 Å². The first-order chi connectivity index (χ1) is 9.13. The smallest absolute Gasteiger partial charge is 0.248 e. The Kier molecular flexibility index (Phi) is 8.02. The predicted molar refractivity (Wildman–Crippen MR) is 75.1 cm³/mol. The molecule has 5 nitrogen and oxygen atoms in total. The van der Waals surface area contributed by atoms with Gasteiger partial charge in [-0.3, -0.25) is 4.79 Å². The lowest BCUT2D eigenvalue weighted by Crippen LogP contribution is -2.44. The molecular formula is C14H28N2O3. The second-order valence-corrected chi connectivity index (χ2v) is 5.53. The maximum atomic E-state index is 12.2. The summed E-state index contributed by atoms with van der Waals surface area (Å²) in [7, 11) is 1.63. The zero-order valence-corrected chi connectivity index (χ0v) is 12.5. The average molecular weight is 272 g/mol. The molecule has 0 aromatic carbocycles. The Morgan fingerprint density at radius 2 is 2.21 bits per heavy atom. The van der Waals surface area contributed by atoms with Crippen LogP contribution >= 0.6 is 0 Å². The Balaban J connectivity index is 2.35. The number of hydrogen-bond donors (Lipinski definition) is 1. The van der Waals surface area contributed by atoms with Crippen molar-refractivity contribution in [2.75, 3.05) is 46.6 Å². The summed E-state index contributed by atoms with van der Waals surface area (Å²) in [5.74, 6) is 0.558. The molecule has 0 bridgehead atoms. The highest BCUT2D eigenvalue weighted by atomic mass is 16.5. The number of methoxy groups -OCH3 is 1. The van der Waals surface area contributed by atoms with Crippen LogP contribution in [0.15, 0.2) is 0 Å². The number of hydrogen-bond acceptors (Lipinski definition) is 4.